The highest BCUT2D eigenvalue weighted by Crippen LogP contribution is 2.71. The number of aliphatic hydroxyl groups is 1. The topological polar surface area (TPSA) is 89.9 Å². The van der Waals surface area contributed by atoms with E-state index in [0.29, 0.717) is 31.3 Å². The number of esters is 2. The van der Waals surface area contributed by atoms with E-state index >= 15 is 4.39 Å². The number of carbonyl (C=O) groups excluding carboxylic acids is 3. The number of hydrogen-bond acceptors (Lipinski definition) is 6. The Kier molecular flexibility index (Phi) is 6.11. The SMILES string of the molecule is CCCC(=O)O[C@]1(C(=O)OCC)[C@@H](C)CC2C3CCC4=CC(=O)C=CC4(C)C3(F)[C@@H](O)CC21C. The Morgan fingerprint density at radius 1 is 1.24 bits per heavy atom. The van der Waals surface area contributed by atoms with Crippen molar-refractivity contribution in [2.45, 2.75) is 90.5 Å². The van der Waals surface area contributed by atoms with Crippen LogP contribution < -0.4 is 0 Å². The second kappa shape index (κ2) is 8.28. The van der Waals surface area contributed by atoms with Gasteiger partial charge >= 0.3 is 11.9 Å². The van der Waals surface area contributed by atoms with Crippen molar-refractivity contribution in [1.29, 1.82) is 0 Å². The highest BCUT2D eigenvalue weighted by Gasteiger charge is 2.78. The van der Waals surface area contributed by atoms with Crippen LogP contribution in [0, 0.1) is 28.6 Å². The number of aliphatic hydroxyl groups excluding tert-OH is 1. The number of fused-ring (bicyclic) bond motifs is 5. The van der Waals surface area contributed by atoms with Crippen molar-refractivity contribution in [2.24, 2.45) is 28.6 Å². The lowest BCUT2D eigenvalue weighted by Gasteiger charge is -2.62. The molecule has 188 valence electrons. The number of rotatable bonds is 5. The third-order valence-electron chi connectivity index (χ3n) is 9.49. The van der Waals surface area contributed by atoms with Gasteiger partial charge in [-0.1, -0.05) is 32.4 Å². The maximum atomic E-state index is 17.3. The molecule has 0 radical (unpaired) electrons. The Morgan fingerprint density at radius 2 is 1.94 bits per heavy atom. The number of allylic oxidation sites excluding steroid dienone is 4. The molecule has 8 atom stereocenters. The van der Waals surface area contributed by atoms with E-state index in [1.807, 2.05) is 20.8 Å². The normalized spacial score (nSPS) is 45.0. The van der Waals surface area contributed by atoms with Crippen LogP contribution in [0.3, 0.4) is 0 Å². The van der Waals surface area contributed by atoms with Crippen LogP contribution in [0.1, 0.15) is 73.1 Å². The predicted octanol–water partition coefficient (Wildman–Crippen LogP) is 4.25. The molecular formula is C27H37FO6. The van der Waals surface area contributed by atoms with Crippen molar-refractivity contribution >= 4 is 17.7 Å². The lowest BCUT2D eigenvalue weighted by molar-refractivity contribution is -0.236. The van der Waals surface area contributed by atoms with Crippen LogP contribution in [0.15, 0.2) is 23.8 Å². The van der Waals surface area contributed by atoms with E-state index in [0.717, 1.165) is 0 Å². The van der Waals surface area contributed by atoms with Gasteiger partial charge in [0, 0.05) is 29.1 Å². The predicted molar refractivity (Wildman–Crippen MR) is 123 cm³/mol. The van der Waals surface area contributed by atoms with Crippen LogP contribution >= 0.6 is 0 Å². The second-order valence-electron chi connectivity index (χ2n) is 11.1. The molecule has 4 rings (SSSR count). The summed E-state index contributed by atoms with van der Waals surface area (Å²) in [5.41, 5.74) is -4.98. The van der Waals surface area contributed by atoms with Crippen molar-refractivity contribution in [3.05, 3.63) is 23.8 Å². The summed E-state index contributed by atoms with van der Waals surface area (Å²) < 4.78 is 28.8. The highest BCUT2D eigenvalue weighted by atomic mass is 19.1. The molecule has 4 aliphatic rings. The molecule has 4 aliphatic carbocycles. The average Bonchev–Trinajstić information content (AvgIpc) is 2.97. The van der Waals surface area contributed by atoms with Crippen LogP contribution in [0.25, 0.3) is 0 Å². The van der Waals surface area contributed by atoms with E-state index in [2.05, 4.69) is 0 Å². The summed E-state index contributed by atoms with van der Waals surface area (Å²) in [5.74, 6) is -2.52. The third-order valence-corrected chi connectivity index (χ3v) is 9.49. The summed E-state index contributed by atoms with van der Waals surface area (Å²) in [5, 5.41) is 11.5. The maximum Gasteiger partial charge on any atom is 0.351 e. The lowest BCUT2D eigenvalue weighted by atomic mass is 9.44. The van der Waals surface area contributed by atoms with Gasteiger partial charge < -0.3 is 14.6 Å². The third kappa shape index (κ3) is 3.04. The van der Waals surface area contributed by atoms with Crippen molar-refractivity contribution in [3.63, 3.8) is 0 Å². The van der Waals surface area contributed by atoms with Gasteiger partial charge in [-0.25, -0.2) is 9.18 Å². The Labute approximate surface area is 200 Å². The molecule has 0 saturated heterocycles. The van der Waals surface area contributed by atoms with E-state index in [-0.39, 0.29) is 31.1 Å². The van der Waals surface area contributed by atoms with Crippen molar-refractivity contribution in [1.82, 2.24) is 0 Å². The molecule has 7 heteroatoms. The molecule has 0 aliphatic heterocycles. The minimum absolute atomic E-state index is 0.0438. The molecule has 6 nitrogen and oxygen atoms in total. The first-order valence-electron chi connectivity index (χ1n) is 12.6. The fourth-order valence-electron chi connectivity index (χ4n) is 7.90. The molecule has 0 amide bonds. The Bertz CT molecular complexity index is 957. The van der Waals surface area contributed by atoms with Crippen molar-refractivity contribution in [3.8, 4) is 0 Å². The molecular weight excluding hydrogens is 439 g/mol. The highest BCUT2D eigenvalue weighted by molar-refractivity contribution is 6.01. The summed E-state index contributed by atoms with van der Waals surface area (Å²) >= 11 is 0. The van der Waals surface area contributed by atoms with E-state index < -0.39 is 52.0 Å². The van der Waals surface area contributed by atoms with Gasteiger partial charge in [-0.15, -0.1) is 0 Å². The molecule has 0 aromatic rings. The largest absolute Gasteiger partial charge is 0.463 e. The summed E-state index contributed by atoms with van der Waals surface area (Å²) in [6.07, 6.45) is 5.26. The molecule has 0 aromatic carbocycles. The Balaban J connectivity index is 1.83. The lowest BCUT2D eigenvalue weighted by Crippen LogP contribution is -2.70. The molecule has 0 spiro atoms. The van der Waals surface area contributed by atoms with Crippen LogP contribution in [-0.4, -0.2) is 46.8 Å². The van der Waals surface area contributed by atoms with Crippen LogP contribution in [0.2, 0.25) is 0 Å². The summed E-state index contributed by atoms with van der Waals surface area (Å²) in [6.45, 7) is 9.17. The van der Waals surface area contributed by atoms with Crippen molar-refractivity contribution < 1.29 is 33.4 Å². The zero-order valence-corrected chi connectivity index (χ0v) is 20.9. The summed E-state index contributed by atoms with van der Waals surface area (Å²) in [4.78, 5) is 38.3. The molecule has 0 bridgehead atoms. The van der Waals surface area contributed by atoms with Gasteiger partial charge in [0.25, 0.3) is 0 Å². The van der Waals surface area contributed by atoms with E-state index in [9.17, 15) is 19.5 Å². The van der Waals surface area contributed by atoms with Gasteiger partial charge in [-0.2, -0.15) is 0 Å². The quantitative estimate of drug-likeness (QED) is 0.597. The Hall–Kier alpha value is -2.02. The van der Waals surface area contributed by atoms with Crippen LogP contribution in [0.5, 0.6) is 0 Å². The molecule has 3 fully saturated rings. The van der Waals surface area contributed by atoms with Gasteiger partial charge in [0.1, 0.15) is 0 Å². The number of hydrogen-bond donors (Lipinski definition) is 1. The van der Waals surface area contributed by atoms with E-state index in [4.69, 9.17) is 9.47 Å². The first-order valence-corrected chi connectivity index (χ1v) is 12.6. The molecule has 5 unspecified atom stereocenters. The van der Waals surface area contributed by atoms with Gasteiger partial charge in [0.15, 0.2) is 11.5 Å². The Morgan fingerprint density at radius 3 is 2.59 bits per heavy atom. The second-order valence-corrected chi connectivity index (χ2v) is 11.1. The number of halogens is 1. The summed E-state index contributed by atoms with van der Waals surface area (Å²) in [6, 6.07) is 0. The minimum atomic E-state index is -2.00. The zero-order valence-electron chi connectivity index (χ0n) is 20.9. The first-order chi connectivity index (χ1) is 15.9. The number of ketones is 1. The monoisotopic (exact) mass is 476 g/mol. The zero-order chi connectivity index (χ0) is 25.1. The molecule has 0 heterocycles. The van der Waals surface area contributed by atoms with E-state index in [1.54, 1.807) is 19.9 Å². The fraction of sp³-hybridized carbons (Fsp3) is 0.741. The van der Waals surface area contributed by atoms with Crippen LogP contribution in [0.4, 0.5) is 4.39 Å². The van der Waals surface area contributed by atoms with Gasteiger partial charge in [-0.05, 0) is 64.0 Å². The van der Waals surface area contributed by atoms with Crippen molar-refractivity contribution in [2.75, 3.05) is 6.61 Å². The number of carbonyl (C=O) groups is 3. The van der Waals surface area contributed by atoms with Gasteiger partial charge in [0.05, 0.1) is 12.7 Å². The van der Waals surface area contributed by atoms with E-state index in [1.165, 1.54) is 12.2 Å². The smallest absolute Gasteiger partial charge is 0.351 e. The van der Waals surface area contributed by atoms with Crippen LogP contribution in [-0.2, 0) is 23.9 Å². The summed E-state index contributed by atoms with van der Waals surface area (Å²) in [7, 11) is 0. The molecule has 34 heavy (non-hydrogen) atoms. The molecule has 0 aromatic heterocycles. The maximum absolute atomic E-state index is 17.3. The number of alkyl halides is 1. The standard InChI is InChI=1S/C27H37FO6/c1-6-8-22(31)34-27(23(32)33-7-2)16(3)13-20-19-10-9-17-14-18(29)11-12-24(17,4)26(19,28)21(30)15-25(20,27)5/h11-12,14,16,19-21,30H,6-10,13,15H2,1-5H3/t16-,19?,20?,21-,24?,25?,26?,27-/m0/s1. The van der Waals surface area contributed by atoms with Gasteiger partial charge in [-0.3, -0.25) is 9.59 Å². The minimum Gasteiger partial charge on any atom is -0.463 e. The molecule has 3 saturated carbocycles. The number of ether oxygens (including phenoxy) is 2. The fourth-order valence-corrected chi connectivity index (χ4v) is 7.90. The molecule has 1 N–H and O–H groups in total. The van der Waals surface area contributed by atoms with Gasteiger partial charge in [0.2, 0.25) is 5.60 Å². The first kappa shape index (κ1) is 25.1. The average molecular weight is 477 g/mol.